The van der Waals surface area contributed by atoms with Gasteiger partial charge in [0.25, 0.3) is 11.1 Å². The Labute approximate surface area is 187 Å². The van der Waals surface area contributed by atoms with Gasteiger partial charge in [-0.15, -0.1) is 0 Å². The summed E-state index contributed by atoms with van der Waals surface area (Å²) < 4.78 is 14.9. The minimum Gasteiger partial charge on any atom is -0.479 e. The zero-order valence-electron chi connectivity index (χ0n) is 16.4. The number of esters is 2. The molecule has 1 atom stereocenters. The van der Waals surface area contributed by atoms with Gasteiger partial charge in [-0.25, -0.2) is 9.59 Å². The van der Waals surface area contributed by atoms with Crippen LogP contribution in [0.3, 0.4) is 0 Å². The molecule has 0 aromatic heterocycles. The fraction of sp³-hybridized carbons (Fsp3) is 0.368. The van der Waals surface area contributed by atoms with Crippen molar-refractivity contribution in [2.45, 2.75) is 26.8 Å². The monoisotopic (exact) mass is 475 g/mol. The molecule has 2 rings (SSSR count). The van der Waals surface area contributed by atoms with Crippen LogP contribution >= 0.6 is 35.0 Å². The number of halogens is 2. The summed E-state index contributed by atoms with van der Waals surface area (Å²) in [7, 11) is 0. The lowest BCUT2D eigenvalue weighted by atomic mass is 10.2. The molecule has 0 spiro atoms. The molecule has 1 fully saturated rings. The van der Waals surface area contributed by atoms with E-state index in [-0.39, 0.29) is 40.5 Å². The second-order valence-electron chi connectivity index (χ2n) is 5.89. The number of carbonyl (C=O) groups excluding carboxylic acids is 4. The Morgan fingerprint density at radius 3 is 2.30 bits per heavy atom. The van der Waals surface area contributed by atoms with E-state index >= 15 is 0 Å². The van der Waals surface area contributed by atoms with Gasteiger partial charge in [-0.05, 0) is 56.3 Å². The van der Waals surface area contributed by atoms with Crippen LogP contribution in [0.1, 0.15) is 26.3 Å². The number of hydrogen-bond donors (Lipinski definition) is 0. The summed E-state index contributed by atoms with van der Waals surface area (Å²) in [5, 5.41) is -0.368. The molecule has 1 unspecified atom stereocenters. The highest BCUT2D eigenvalue weighted by atomic mass is 35.5. The first kappa shape index (κ1) is 24.0. The molecule has 1 saturated heterocycles. The summed E-state index contributed by atoms with van der Waals surface area (Å²) in [5.74, 6) is -1.78. The lowest BCUT2D eigenvalue weighted by molar-refractivity contribution is -0.150. The molecular formula is C19H19Cl2NO7S. The molecule has 2 amide bonds. The van der Waals surface area contributed by atoms with Crippen LogP contribution in [0.5, 0.6) is 5.75 Å². The molecule has 1 heterocycles. The first-order valence-electron chi connectivity index (χ1n) is 8.90. The van der Waals surface area contributed by atoms with Crippen molar-refractivity contribution in [1.29, 1.82) is 0 Å². The SMILES string of the molecule is CCOC(=O)COc1c(Cl)cc(/C=C2/SC(=O)N(C(C)C(=O)OCC)C2=O)cc1Cl. The van der Waals surface area contributed by atoms with E-state index < -0.39 is 29.1 Å². The van der Waals surface area contributed by atoms with Crippen molar-refractivity contribution in [3.63, 3.8) is 0 Å². The molecule has 1 aromatic rings. The highest BCUT2D eigenvalue weighted by molar-refractivity contribution is 8.18. The predicted molar refractivity (Wildman–Crippen MR) is 112 cm³/mol. The molecule has 0 bridgehead atoms. The van der Waals surface area contributed by atoms with Crippen LogP contribution in [0.25, 0.3) is 6.08 Å². The third-order valence-corrected chi connectivity index (χ3v) is 5.24. The van der Waals surface area contributed by atoms with E-state index in [2.05, 4.69) is 0 Å². The number of hydrogen-bond acceptors (Lipinski definition) is 8. The summed E-state index contributed by atoms with van der Waals surface area (Å²) >= 11 is 13.0. The van der Waals surface area contributed by atoms with Crippen molar-refractivity contribution in [2.75, 3.05) is 19.8 Å². The van der Waals surface area contributed by atoms with Crippen molar-refractivity contribution < 1.29 is 33.4 Å². The van der Waals surface area contributed by atoms with Crippen LogP contribution in [0.15, 0.2) is 17.0 Å². The third-order valence-electron chi connectivity index (χ3n) is 3.80. The Balaban J connectivity index is 2.20. The second-order valence-corrected chi connectivity index (χ2v) is 7.69. The molecule has 8 nitrogen and oxygen atoms in total. The highest BCUT2D eigenvalue weighted by Crippen LogP contribution is 2.38. The largest absolute Gasteiger partial charge is 0.479 e. The maximum Gasteiger partial charge on any atom is 0.344 e. The summed E-state index contributed by atoms with van der Waals surface area (Å²) in [6.45, 7) is 4.70. The summed E-state index contributed by atoms with van der Waals surface area (Å²) in [4.78, 5) is 49.1. The van der Waals surface area contributed by atoms with E-state index in [9.17, 15) is 19.2 Å². The van der Waals surface area contributed by atoms with Crippen LogP contribution < -0.4 is 4.74 Å². The quantitative estimate of drug-likeness (QED) is 0.411. The van der Waals surface area contributed by atoms with Gasteiger partial charge in [0.05, 0.1) is 28.2 Å². The number of thioether (sulfide) groups is 1. The molecule has 0 saturated carbocycles. The van der Waals surface area contributed by atoms with Crippen LogP contribution in [0.4, 0.5) is 4.79 Å². The van der Waals surface area contributed by atoms with Crippen LogP contribution in [0, 0.1) is 0 Å². The zero-order chi connectivity index (χ0) is 22.4. The Morgan fingerprint density at radius 2 is 1.73 bits per heavy atom. The summed E-state index contributed by atoms with van der Waals surface area (Å²) in [6, 6.07) is 1.89. The smallest absolute Gasteiger partial charge is 0.344 e. The van der Waals surface area contributed by atoms with Gasteiger partial charge in [-0.2, -0.15) is 0 Å². The number of imide groups is 1. The standard InChI is InChI=1S/C19H19Cl2NO7S/c1-4-27-15(23)9-29-16-12(20)6-11(7-13(16)21)8-14-17(24)22(19(26)30-14)10(3)18(25)28-5-2/h6-8,10H,4-5,9H2,1-3H3/b14-8+. The summed E-state index contributed by atoms with van der Waals surface area (Å²) in [6.07, 6.45) is 1.43. The molecule has 1 aliphatic rings. The van der Waals surface area contributed by atoms with Gasteiger partial charge in [0.15, 0.2) is 12.4 Å². The van der Waals surface area contributed by atoms with Gasteiger partial charge < -0.3 is 14.2 Å². The van der Waals surface area contributed by atoms with Gasteiger partial charge in [-0.1, -0.05) is 23.2 Å². The van der Waals surface area contributed by atoms with Gasteiger partial charge in [0, 0.05) is 0 Å². The first-order valence-corrected chi connectivity index (χ1v) is 10.5. The predicted octanol–water partition coefficient (Wildman–Crippen LogP) is 3.92. The zero-order valence-corrected chi connectivity index (χ0v) is 18.7. The van der Waals surface area contributed by atoms with Crippen molar-refractivity contribution in [1.82, 2.24) is 4.90 Å². The van der Waals surface area contributed by atoms with Crippen molar-refractivity contribution in [3.05, 3.63) is 32.6 Å². The molecule has 0 N–H and O–H groups in total. The molecule has 11 heteroatoms. The van der Waals surface area contributed by atoms with E-state index in [1.54, 1.807) is 13.8 Å². The third kappa shape index (κ3) is 5.68. The van der Waals surface area contributed by atoms with E-state index in [1.165, 1.54) is 25.1 Å². The number of ether oxygens (including phenoxy) is 3. The van der Waals surface area contributed by atoms with Crippen molar-refractivity contribution >= 4 is 64.1 Å². The van der Waals surface area contributed by atoms with E-state index in [4.69, 9.17) is 37.4 Å². The molecule has 1 aliphatic heterocycles. The van der Waals surface area contributed by atoms with Gasteiger partial charge in [0.1, 0.15) is 6.04 Å². The number of rotatable bonds is 8. The van der Waals surface area contributed by atoms with Crippen LogP contribution in [0.2, 0.25) is 10.0 Å². The normalized spacial score (nSPS) is 16.0. The number of carbonyl (C=O) groups is 4. The topological polar surface area (TPSA) is 99.2 Å². The van der Waals surface area contributed by atoms with Gasteiger partial charge >= 0.3 is 11.9 Å². The number of nitrogens with zero attached hydrogens (tertiary/aromatic N) is 1. The van der Waals surface area contributed by atoms with E-state index in [0.29, 0.717) is 17.3 Å². The minimum absolute atomic E-state index is 0.0903. The molecule has 1 aromatic carbocycles. The molecule has 162 valence electrons. The van der Waals surface area contributed by atoms with E-state index in [0.717, 1.165) is 4.90 Å². The average molecular weight is 476 g/mol. The molecule has 30 heavy (non-hydrogen) atoms. The number of benzene rings is 1. The molecular weight excluding hydrogens is 457 g/mol. The van der Waals surface area contributed by atoms with Crippen molar-refractivity contribution in [3.8, 4) is 5.75 Å². The molecule has 0 aliphatic carbocycles. The van der Waals surface area contributed by atoms with Crippen LogP contribution in [-0.4, -0.2) is 53.8 Å². The van der Waals surface area contributed by atoms with Gasteiger partial charge in [-0.3, -0.25) is 14.5 Å². The Bertz CT molecular complexity index is 880. The minimum atomic E-state index is -1.05. The molecule has 0 radical (unpaired) electrons. The highest BCUT2D eigenvalue weighted by Gasteiger charge is 2.41. The average Bonchev–Trinajstić information content (AvgIpc) is 2.94. The summed E-state index contributed by atoms with van der Waals surface area (Å²) in [5.41, 5.74) is 0.433. The Kier molecular flexibility index (Phi) is 8.57. The maximum absolute atomic E-state index is 12.6. The van der Waals surface area contributed by atoms with Crippen LogP contribution in [-0.2, 0) is 23.9 Å². The fourth-order valence-corrected chi connectivity index (χ4v) is 3.99. The second kappa shape index (κ2) is 10.7. The Morgan fingerprint density at radius 1 is 1.13 bits per heavy atom. The lowest BCUT2D eigenvalue weighted by Crippen LogP contribution is -2.42. The maximum atomic E-state index is 12.6. The lowest BCUT2D eigenvalue weighted by Gasteiger charge is -2.19. The number of amides is 2. The Hall–Kier alpha value is -2.23. The van der Waals surface area contributed by atoms with Crippen molar-refractivity contribution in [2.24, 2.45) is 0 Å². The van der Waals surface area contributed by atoms with Gasteiger partial charge in [0.2, 0.25) is 0 Å². The first-order chi connectivity index (χ1) is 14.2. The fourth-order valence-electron chi connectivity index (χ4n) is 2.47. The van der Waals surface area contributed by atoms with E-state index in [1.807, 2.05) is 0 Å².